The molecule has 0 radical (unpaired) electrons. The van der Waals surface area contributed by atoms with Crippen molar-refractivity contribution in [3.05, 3.63) is 83.2 Å². The molecule has 2 N–H and O–H groups in total. The van der Waals surface area contributed by atoms with Gasteiger partial charge in [-0.15, -0.1) is 0 Å². The van der Waals surface area contributed by atoms with Crippen LogP contribution in [0, 0.1) is 6.92 Å². The van der Waals surface area contributed by atoms with Gasteiger partial charge >= 0.3 is 18.1 Å². The fourth-order valence-corrected chi connectivity index (χ4v) is 2.25. The number of hydrogen-bond donors (Lipinski definition) is 2. The number of aromatic nitrogens is 2. The van der Waals surface area contributed by atoms with Crippen LogP contribution in [-0.2, 0) is 6.18 Å². The third kappa shape index (κ3) is 5.44. The summed E-state index contributed by atoms with van der Waals surface area (Å²) in [7, 11) is 0. The number of alkyl halides is 3. The van der Waals surface area contributed by atoms with Crippen LogP contribution >= 0.6 is 0 Å². The first-order chi connectivity index (χ1) is 13.1. The molecule has 0 amide bonds. The summed E-state index contributed by atoms with van der Waals surface area (Å²) in [6.45, 7) is 1.65. The Balaban J connectivity index is 0.000000203. The lowest BCUT2D eigenvalue weighted by Crippen LogP contribution is -2.05. The van der Waals surface area contributed by atoms with E-state index in [1.165, 1.54) is 28.9 Å². The van der Waals surface area contributed by atoms with E-state index in [2.05, 4.69) is 5.10 Å². The lowest BCUT2D eigenvalue weighted by Gasteiger charge is -2.07. The maximum Gasteiger partial charge on any atom is 0.416 e. The van der Waals surface area contributed by atoms with E-state index in [0.29, 0.717) is 11.3 Å². The van der Waals surface area contributed by atoms with Crippen LogP contribution in [0.1, 0.15) is 31.8 Å². The minimum absolute atomic E-state index is 0.00241. The first-order valence-corrected chi connectivity index (χ1v) is 7.83. The molecule has 0 atom stereocenters. The summed E-state index contributed by atoms with van der Waals surface area (Å²) in [6.07, 6.45) is -1.05. The molecule has 0 bridgehead atoms. The normalized spacial score (nSPS) is 10.7. The number of halogens is 3. The molecule has 28 heavy (non-hydrogen) atoms. The van der Waals surface area contributed by atoms with E-state index in [1.807, 2.05) is 0 Å². The summed E-state index contributed by atoms with van der Waals surface area (Å²) >= 11 is 0. The van der Waals surface area contributed by atoms with Crippen molar-refractivity contribution in [3.8, 4) is 5.69 Å². The number of aryl methyl sites for hydroxylation is 1. The SMILES string of the molecule is Cc1cc(C(=O)O)cc(C(=O)O)c1.FC(F)(F)c1ccc(-n2cccn2)cc1. The van der Waals surface area contributed by atoms with E-state index in [1.54, 1.807) is 25.4 Å². The molecule has 9 heteroatoms. The average molecular weight is 392 g/mol. The van der Waals surface area contributed by atoms with Crippen LogP contribution in [0.25, 0.3) is 5.69 Å². The summed E-state index contributed by atoms with van der Waals surface area (Å²) in [5.74, 6) is -2.24. The highest BCUT2D eigenvalue weighted by atomic mass is 19.4. The largest absolute Gasteiger partial charge is 0.478 e. The minimum atomic E-state index is -4.29. The standard InChI is InChI=1S/C10H7F3N2.C9H8O4/c11-10(12,13)8-2-4-9(5-3-8)15-7-1-6-14-15;1-5-2-6(8(10)11)4-7(3-5)9(12)13/h1-7H;2-4H,1H3,(H,10,11)(H,12,13). The predicted octanol–water partition coefficient (Wildman–Crippen LogP) is 4.28. The monoisotopic (exact) mass is 392 g/mol. The number of rotatable bonds is 3. The molecule has 0 aliphatic rings. The Morgan fingerprint density at radius 2 is 1.50 bits per heavy atom. The quantitative estimate of drug-likeness (QED) is 0.694. The fraction of sp³-hybridized carbons (Fsp3) is 0.105. The zero-order valence-corrected chi connectivity index (χ0v) is 14.5. The lowest BCUT2D eigenvalue weighted by atomic mass is 10.1. The second kappa shape index (κ2) is 8.38. The zero-order chi connectivity index (χ0) is 20.9. The van der Waals surface area contributed by atoms with Gasteiger partial charge in [0.2, 0.25) is 0 Å². The average Bonchev–Trinajstić information content (AvgIpc) is 3.15. The molecular formula is C19H15F3N2O4. The van der Waals surface area contributed by atoms with Gasteiger partial charge in [-0.05, 0) is 61.0 Å². The predicted molar refractivity (Wildman–Crippen MR) is 93.7 cm³/mol. The molecule has 0 unspecified atom stereocenters. The van der Waals surface area contributed by atoms with Crippen molar-refractivity contribution in [2.75, 3.05) is 0 Å². The number of nitrogens with zero attached hydrogens (tertiary/aromatic N) is 2. The Morgan fingerprint density at radius 1 is 0.964 bits per heavy atom. The number of aromatic carboxylic acids is 2. The van der Waals surface area contributed by atoms with Gasteiger partial charge in [-0.3, -0.25) is 0 Å². The van der Waals surface area contributed by atoms with Crippen molar-refractivity contribution >= 4 is 11.9 Å². The van der Waals surface area contributed by atoms with Gasteiger partial charge in [0.05, 0.1) is 22.4 Å². The number of carboxylic acid groups (broad SMARTS) is 2. The maximum absolute atomic E-state index is 12.2. The number of carbonyl (C=O) groups is 2. The maximum atomic E-state index is 12.2. The minimum Gasteiger partial charge on any atom is -0.478 e. The van der Waals surface area contributed by atoms with E-state index in [0.717, 1.165) is 18.2 Å². The van der Waals surface area contributed by atoms with Crippen molar-refractivity contribution in [3.63, 3.8) is 0 Å². The zero-order valence-electron chi connectivity index (χ0n) is 14.5. The Kier molecular flexibility index (Phi) is 6.19. The highest BCUT2D eigenvalue weighted by Crippen LogP contribution is 2.29. The van der Waals surface area contributed by atoms with Crippen LogP contribution in [0.3, 0.4) is 0 Å². The van der Waals surface area contributed by atoms with E-state index < -0.39 is 23.7 Å². The first-order valence-electron chi connectivity index (χ1n) is 7.83. The molecule has 3 aromatic rings. The van der Waals surface area contributed by atoms with Gasteiger partial charge in [0.1, 0.15) is 0 Å². The summed E-state index contributed by atoms with van der Waals surface area (Å²) < 4.78 is 38.2. The number of benzene rings is 2. The topological polar surface area (TPSA) is 92.4 Å². The van der Waals surface area contributed by atoms with Crippen LogP contribution in [-0.4, -0.2) is 31.9 Å². The van der Waals surface area contributed by atoms with Gasteiger partial charge in [-0.2, -0.15) is 18.3 Å². The molecule has 1 heterocycles. The fourth-order valence-electron chi connectivity index (χ4n) is 2.25. The third-order valence-electron chi connectivity index (χ3n) is 3.53. The van der Waals surface area contributed by atoms with Gasteiger partial charge in [0, 0.05) is 12.4 Å². The second-order valence-electron chi connectivity index (χ2n) is 5.69. The van der Waals surface area contributed by atoms with E-state index >= 15 is 0 Å². The Hall–Kier alpha value is -3.62. The highest BCUT2D eigenvalue weighted by molar-refractivity contribution is 5.94. The molecule has 0 spiro atoms. The van der Waals surface area contributed by atoms with Crippen LogP contribution in [0.15, 0.2) is 60.9 Å². The van der Waals surface area contributed by atoms with E-state index in [9.17, 15) is 22.8 Å². The Morgan fingerprint density at radius 3 is 1.89 bits per heavy atom. The van der Waals surface area contributed by atoms with Gasteiger partial charge in [-0.25, -0.2) is 14.3 Å². The third-order valence-corrected chi connectivity index (χ3v) is 3.53. The Bertz CT molecular complexity index is 934. The van der Waals surface area contributed by atoms with E-state index in [4.69, 9.17) is 10.2 Å². The molecule has 6 nitrogen and oxygen atoms in total. The van der Waals surface area contributed by atoms with Crippen molar-refractivity contribution < 1.29 is 33.0 Å². The summed E-state index contributed by atoms with van der Waals surface area (Å²) in [5, 5.41) is 21.2. The molecule has 1 aromatic heterocycles. The van der Waals surface area contributed by atoms with Crippen molar-refractivity contribution in [2.24, 2.45) is 0 Å². The molecule has 0 fully saturated rings. The van der Waals surface area contributed by atoms with Crippen molar-refractivity contribution in [2.45, 2.75) is 13.1 Å². The van der Waals surface area contributed by atoms with Gasteiger partial charge in [0.25, 0.3) is 0 Å². The first kappa shape index (κ1) is 20.7. The molecule has 146 valence electrons. The van der Waals surface area contributed by atoms with Crippen LogP contribution < -0.4 is 0 Å². The van der Waals surface area contributed by atoms with Crippen molar-refractivity contribution in [1.29, 1.82) is 0 Å². The van der Waals surface area contributed by atoms with Crippen LogP contribution in [0.5, 0.6) is 0 Å². The number of carboxylic acids is 2. The van der Waals surface area contributed by atoms with Gasteiger partial charge in [-0.1, -0.05) is 0 Å². The molecule has 3 rings (SSSR count). The van der Waals surface area contributed by atoms with Gasteiger partial charge in [0.15, 0.2) is 0 Å². The summed E-state index contributed by atoms with van der Waals surface area (Å²) in [5.41, 5.74) is 0.568. The molecular weight excluding hydrogens is 377 g/mol. The Labute approximate surface area is 157 Å². The molecule has 0 saturated heterocycles. The van der Waals surface area contributed by atoms with Crippen LogP contribution in [0.2, 0.25) is 0 Å². The molecule has 0 aliphatic heterocycles. The summed E-state index contributed by atoms with van der Waals surface area (Å²) in [6, 6.07) is 10.5. The highest BCUT2D eigenvalue weighted by Gasteiger charge is 2.29. The van der Waals surface area contributed by atoms with Crippen molar-refractivity contribution in [1.82, 2.24) is 9.78 Å². The van der Waals surface area contributed by atoms with Gasteiger partial charge < -0.3 is 10.2 Å². The smallest absolute Gasteiger partial charge is 0.416 e. The van der Waals surface area contributed by atoms with E-state index in [-0.39, 0.29) is 11.1 Å². The molecule has 2 aromatic carbocycles. The van der Waals surface area contributed by atoms with Crippen LogP contribution in [0.4, 0.5) is 13.2 Å². The molecule has 0 saturated carbocycles. The summed E-state index contributed by atoms with van der Waals surface area (Å²) in [4.78, 5) is 21.1. The molecule has 0 aliphatic carbocycles. The lowest BCUT2D eigenvalue weighted by molar-refractivity contribution is -0.137. The second-order valence-corrected chi connectivity index (χ2v) is 5.69. The number of hydrogen-bond acceptors (Lipinski definition) is 3.